The Morgan fingerprint density at radius 2 is 2.56 bits per heavy atom. The van der Waals surface area contributed by atoms with Gasteiger partial charge in [-0.3, -0.25) is 4.68 Å². The number of nitrogens with zero attached hydrogens (tertiary/aromatic N) is 2. The van der Waals surface area contributed by atoms with Crippen molar-refractivity contribution < 1.29 is 0 Å². The van der Waals surface area contributed by atoms with Crippen molar-refractivity contribution in [3.05, 3.63) is 18.0 Å². The molecule has 0 bridgehead atoms. The number of aromatic nitrogens is 2. The van der Waals surface area contributed by atoms with E-state index in [0.717, 1.165) is 6.42 Å². The summed E-state index contributed by atoms with van der Waals surface area (Å²) in [4.78, 5) is 0. The summed E-state index contributed by atoms with van der Waals surface area (Å²) >= 11 is 0. The molecule has 9 heavy (non-hydrogen) atoms. The zero-order valence-corrected chi connectivity index (χ0v) is 5.54. The molecule has 0 radical (unpaired) electrons. The van der Waals surface area contributed by atoms with Crippen LogP contribution >= 0.6 is 0 Å². The van der Waals surface area contributed by atoms with E-state index in [1.807, 2.05) is 17.8 Å². The Morgan fingerprint density at radius 3 is 3.00 bits per heavy atom. The van der Waals surface area contributed by atoms with Crippen LogP contribution in [-0.4, -0.2) is 16.3 Å². The summed E-state index contributed by atoms with van der Waals surface area (Å²) in [7, 11) is 1.92. The van der Waals surface area contributed by atoms with E-state index in [9.17, 15) is 0 Å². The average Bonchev–Trinajstić information content (AvgIpc) is 2.18. The predicted octanol–water partition coefficient (Wildman–Crippen LogP) is -0.0787. The second-order valence-electron chi connectivity index (χ2n) is 1.98. The van der Waals surface area contributed by atoms with Crippen LogP contribution in [0.15, 0.2) is 12.3 Å². The molecule has 0 amide bonds. The monoisotopic (exact) mass is 125 g/mol. The van der Waals surface area contributed by atoms with Gasteiger partial charge in [0.25, 0.3) is 0 Å². The Kier molecular flexibility index (Phi) is 1.85. The van der Waals surface area contributed by atoms with Crippen molar-refractivity contribution in [1.29, 1.82) is 0 Å². The van der Waals surface area contributed by atoms with Crippen molar-refractivity contribution >= 4 is 0 Å². The molecule has 0 unspecified atom stereocenters. The minimum absolute atomic E-state index is 0.694. The normalized spacial score (nSPS) is 10.0. The second kappa shape index (κ2) is 2.64. The molecule has 1 heterocycles. The molecule has 1 aromatic rings. The van der Waals surface area contributed by atoms with Crippen molar-refractivity contribution in [3.63, 3.8) is 0 Å². The molecule has 2 N–H and O–H groups in total. The van der Waals surface area contributed by atoms with E-state index in [1.54, 1.807) is 6.20 Å². The highest BCUT2D eigenvalue weighted by atomic mass is 15.2. The molecule has 1 aromatic heterocycles. The second-order valence-corrected chi connectivity index (χ2v) is 1.98. The maximum Gasteiger partial charge on any atom is 0.0492 e. The molecule has 3 heteroatoms. The number of hydrogen-bond donors (Lipinski definition) is 1. The van der Waals surface area contributed by atoms with Crippen LogP contribution < -0.4 is 5.73 Å². The van der Waals surface area contributed by atoms with Gasteiger partial charge in [-0.1, -0.05) is 0 Å². The molecule has 0 spiro atoms. The summed E-state index contributed by atoms with van der Waals surface area (Å²) in [5.74, 6) is 0. The largest absolute Gasteiger partial charge is 0.330 e. The predicted molar refractivity (Wildman–Crippen MR) is 36.0 cm³/mol. The van der Waals surface area contributed by atoms with Crippen molar-refractivity contribution in [1.82, 2.24) is 9.78 Å². The van der Waals surface area contributed by atoms with Gasteiger partial charge < -0.3 is 5.73 Å². The van der Waals surface area contributed by atoms with Crippen molar-refractivity contribution in [2.75, 3.05) is 6.54 Å². The fourth-order valence-corrected chi connectivity index (χ4v) is 0.794. The molecule has 0 aliphatic rings. The van der Waals surface area contributed by atoms with Crippen molar-refractivity contribution in [3.8, 4) is 0 Å². The first-order valence-electron chi connectivity index (χ1n) is 3.01. The van der Waals surface area contributed by atoms with Crippen LogP contribution in [0.5, 0.6) is 0 Å². The minimum Gasteiger partial charge on any atom is -0.330 e. The number of aryl methyl sites for hydroxylation is 1. The van der Waals surface area contributed by atoms with E-state index in [0.29, 0.717) is 6.54 Å². The Balaban J connectivity index is 2.69. The van der Waals surface area contributed by atoms with E-state index in [4.69, 9.17) is 5.73 Å². The van der Waals surface area contributed by atoms with Crippen LogP contribution in [0.25, 0.3) is 0 Å². The lowest BCUT2D eigenvalue weighted by atomic mass is 10.3. The van der Waals surface area contributed by atoms with E-state index < -0.39 is 0 Å². The van der Waals surface area contributed by atoms with Crippen LogP contribution in [0.4, 0.5) is 0 Å². The molecule has 0 aromatic carbocycles. The van der Waals surface area contributed by atoms with Gasteiger partial charge in [0.1, 0.15) is 0 Å². The van der Waals surface area contributed by atoms with Gasteiger partial charge in [0.05, 0.1) is 0 Å². The highest BCUT2D eigenvalue weighted by molar-refractivity contribution is 4.99. The maximum absolute atomic E-state index is 5.35. The summed E-state index contributed by atoms with van der Waals surface area (Å²) in [5.41, 5.74) is 6.54. The van der Waals surface area contributed by atoms with Crippen LogP contribution in [0, 0.1) is 0 Å². The lowest BCUT2D eigenvalue weighted by Gasteiger charge is -1.96. The SMILES string of the molecule is Cn1nccc1CCN. The van der Waals surface area contributed by atoms with E-state index in [2.05, 4.69) is 5.10 Å². The third-order valence-corrected chi connectivity index (χ3v) is 1.32. The van der Waals surface area contributed by atoms with Gasteiger partial charge in [0, 0.05) is 25.4 Å². The smallest absolute Gasteiger partial charge is 0.0492 e. The molecule has 1 rings (SSSR count). The Bertz CT molecular complexity index is 180. The first-order valence-corrected chi connectivity index (χ1v) is 3.01. The van der Waals surface area contributed by atoms with E-state index in [1.165, 1.54) is 5.69 Å². The summed E-state index contributed by atoms with van der Waals surface area (Å²) in [6.45, 7) is 0.694. The summed E-state index contributed by atoms with van der Waals surface area (Å²) in [6, 6.07) is 1.98. The molecule has 0 fully saturated rings. The van der Waals surface area contributed by atoms with Gasteiger partial charge in [-0.05, 0) is 12.6 Å². The molecule has 0 saturated carbocycles. The zero-order valence-electron chi connectivity index (χ0n) is 5.54. The maximum atomic E-state index is 5.35. The van der Waals surface area contributed by atoms with Crippen LogP contribution in [0.1, 0.15) is 5.69 Å². The third-order valence-electron chi connectivity index (χ3n) is 1.32. The third kappa shape index (κ3) is 1.29. The van der Waals surface area contributed by atoms with Crippen molar-refractivity contribution in [2.45, 2.75) is 6.42 Å². The van der Waals surface area contributed by atoms with Gasteiger partial charge >= 0.3 is 0 Å². The van der Waals surface area contributed by atoms with Gasteiger partial charge in [0.15, 0.2) is 0 Å². The molecule has 3 nitrogen and oxygen atoms in total. The summed E-state index contributed by atoms with van der Waals surface area (Å²) in [6.07, 6.45) is 2.70. The van der Waals surface area contributed by atoms with Crippen LogP contribution in [0.2, 0.25) is 0 Å². The topological polar surface area (TPSA) is 43.8 Å². The fourth-order valence-electron chi connectivity index (χ4n) is 0.794. The molecule has 0 aliphatic heterocycles. The molecule has 50 valence electrons. The zero-order chi connectivity index (χ0) is 6.69. The summed E-state index contributed by atoms with van der Waals surface area (Å²) in [5, 5.41) is 4.00. The first kappa shape index (κ1) is 6.29. The Morgan fingerprint density at radius 1 is 1.78 bits per heavy atom. The van der Waals surface area contributed by atoms with Crippen LogP contribution in [0.3, 0.4) is 0 Å². The van der Waals surface area contributed by atoms with Crippen LogP contribution in [-0.2, 0) is 13.5 Å². The van der Waals surface area contributed by atoms with E-state index in [-0.39, 0.29) is 0 Å². The van der Waals surface area contributed by atoms with Gasteiger partial charge in [0.2, 0.25) is 0 Å². The number of rotatable bonds is 2. The quantitative estimate of drug-likeness (QED) is 0.601. The summed E-state index contributed by atoms with van der Waals surface area (Å²) < 4.78 is 1.84. The average molecular weight is 125 g/mol. The van der Waals surface area contributed by atoms with Gasteiger partial charge in [-0.2, -0.15) is 5.10 Å². The highest BCUT2D eigenvalue weighted by Gasteiger charge is 1.93. The Hall–Kier alpha value is -0.830. The first-order chi connectivity index (χ1) is 4.34. The Labute approximate surface area is 54.5 Å². The lowest BCUT2D eigenvalue weighted by Crippen LogP contribution is -2.06. The minimum atomic E-state index is 0.694. The standard InChI is InChI=1S/C6H11N3/c1-9-6(2-4-7)3-5-8-9/h3,5H,2,4,7H2,1H3. The highest BCUT2D eigenvalue weighted by Crippen LogP contribution is 1.94. The number of nitrogens with two attached hydrogens (primary N) is 1. The van der Waals surface area contributed by atoms with Crippen molar-refractivity contribution in [2.24, 2.45) is 12.8 Å². The number of hydrogen-bond acceptors (Lipinski definition) is 2. The molecule has 0 aliphatic carbocycles. The molecule has 0 atom stereocenters. The van der Waals surface area contributed by atoms with E-state index >= 15 is 0 Å². The molecular weight excluding hydrogens is 114 g/mol. The lowest BCUT2D eigenvalue weighted by molar-refractivity contribution is 0.706. The van der Waals surface area contributed by atoms with Gasteiger partial charge in [-0.15, -0.1) is 0 Å². The van der Waals surface area contributed by atoms with Gasteiger partial charge in [-0.25, -0.2) is 0 Å². The molecular formula is C6H11N3. The molecule has 0 saturated heterocycles. The fraction of sp³-hybridized carbons (Fsp3) is 0.500.